The van der Waals surface area contributed by atoms with Crippen LogP contribution in [0.3, 0.4) is 0 Å². The molecule has 0 spiro atoms. The minimum Gasteiger partial charge on any atom is -0.442 e. The average Bonchev–Trinajstić information content (AvgIpc) is 1.84. The molecule has 0 bridgehead atoms. The van der Waals surface area contributed by atoms with Crippen LogP contribution in [0.25, 0.3) is 0 Å². The average molecular weight is 232 g/mol. The second-order valence-corrected chi connectivity index (χ2v) is 3.84. The number of hydrogen-bond acceptors (Lipinski definition) is 2. The standard InChI is InChI=1S/C9H14BrNO/c1-7(10)6-8(2)12-9(3)11(4)5/h6H,2-3H2,1,4-5H3/b7-6+. The van der Waals surface area contributed by atoms with E-state index in [4.69, 9.17) is 4.74 Å². The predicted molar refractivity (Wildman–Crippen MR) is 55.7 cm³/mol. The molecule has 0 rings (SSSR count). The number of rotatable bonds is 4. The van der Waals surface area contributed by atoms with Gasteiger partial charge in [0.25, 0.3) is 0 Å². The van der Waals surface area contributed by atoms with Gasteiger partial charge >= 0.3 is 0 Å². The summed E-state index contributed by atoms with van der Waals surface area (Å²) < 4.78 is 6.22. The van der Waals surface area contributed by atoms with Gasteiger partial charge in [0.1, 0.15) is 5.76 Å². The Hall–Kier alpha value is -0.700. The molecule has 0 saturated heterocycles. The second kappa shape index (κ2) is 5.04. The largest absolute Gasteiger partial charge is 0.442 e. The van der Waals surface area contributed by atoms with E-state index in [1.165, 1.54) is 0 Å². The van der Waals surface area contributed by atoms with Crippen molar-refractivity contribution in [3.8, 4) is 0 Å². The van der Waals surface area contributed by atoms with E-state index >= 15 is 0 Å². The van der Waals surface area contributed by atoms with Crippen molar-refractivity contribution in [2.45, 2.75) is 6.92 Å². The zero-order chi connectivity index (χ0) is 9.72. The SMILES string of the molecule is C=C(/C=C(\C)Br)OC(=C)N(C)C. The third kappa shape index (κ3) is 5.02. The summed E-state index contributed by atoms with van der Waals surface area (Å²) in [6.45, 7) is 9.31. The van der Waals surface area contributed by atoms with Crippen molar-refractivity contribution < 1.29 is 4.74 Å². The molecule has 2 nitrogen and oxygen atoms in total. The normalized spacial score (nSPS) is 10.8. The van der Waals surface area contributed by atoms with Crippen molar-refractivity contribution >= 4 is 15.9 Å². The van der Waals surface area contributed by atoms with E-state index in [1.54, 1.807) is 11.0 Å². The first kappa shape index (κ1) is 11.3. The predicted octanol–water partition coefficient (Wildman–Crippen LogP) is 2.85. The number of nitrogens with zero attached hydrogens (tertiary/aromatic N) is 1. The quantitative estimate of drug-likeness (QED) is 0.545. The van der Waals surface area contributed by atoms with E-state index in [-0.39, 0.29) is 0 Å². The maximum absolute atomic E-state index is 5.25. The minimum atomic E-state index is 0.572. The monoisotopic (exact) mass is 231 g/mol. The van der Waals surface area contributed by atoms with E-state index in [0.29, 0.717) is 11.6 Å². The summed E-state index contributed by atoms with van der Waals surface area (Å²) in [5.41, 5.74) is 0. The number of ether oxygens (including phenoxy) is 1. The van der Waals surface area contributed by atoms with Crippen LogP contribution >= 0.6 is 15.9 Å². The van der Waals surface area contributed by atoms with E-state index in [1.807, 2.05) is 21.0 Å². The molecule has 0 amide bonds. The molecule has 0 atom stereocenters. The van der Waals surface area contributed by atoms with Crippen LogP contribution in [0.5, 0.6) is 0 Å². The molecule has 0 aromatic carbocycles. The summed E-state index contributed by atoms with van der Waals surface area (Å²) in [6, 6.07) is 0. The van der Waals surface area contributed by atoms with E-state index in [2.05, 4.69) is 29.1 Å². The van der Waals surface area contributed by atoms with Gasteiger partial charge < -0.3 is 9.64 Å². The molecule has 0 aromatic heterocycles. The van der Waals surface area contributed by atoms with Gasteiger partial charge in [0.15, 0.2) is 5.88 Å². The van der Waals surface area contributed by atoms with Gasteiger partial charge in [-0.15, -0.1) is 0 Å². The number of allylic oxidation sites excluding steroid dienone is 2. The molecule has 0 aliphatic carbocycles. The highest BCUT2D eigenvalue weighted by atomic mass is 79.9. The smallest absolute Gasteiger partial charge is 0.188 e. The molecule has 12 heavy (non-hydrogen) atoms. The topological polar surface area (TPSA) is 12.5 Å². The lowest BCUT2D eigenvalue weighted by atomic mass is 10.5. The molecule has 0 aliphatic rings. The molecule has 3 heteroatoms. The molecule has 0 radical (unpaired) electrons. The molecule has 0 unspecified atom stereocenters. The second-order valence-electron chi connectivity index (χ2n) is 2.59. The molecule has 0 aliphatic heterocycles. The summed E-state index contributed by atoms with van der Waals surface area (Å²) >= 11 is 3.28. The fourth-order valence-electron chi connectivity index (χ4n) is 0.494. The Kier molecular flexibility index (Phi) is 4.74. The highest BCUT2D eigenvalue weighted by Gasteiger charge is 1.97. The zero-order valence-corrected chi connectivity index (χ0v) is 9.31. The fraction of sp³-hybridized carbons (Fsp3) is 0.333. The summed E-state index contributed by atoms with van der Waals surface area (Å²) in [5, 5.41) is 0. The molecule has 0 aromatic rings. The lowest BCUT2D eigenvalue weighted by Crippen LogP contribution is -2.11. The molecular formula is C9H14BrNO. The lowest BCUT2D eigenvalue weighted by Gasteiger charge is -2.15. The number of hydrogen-bond donors (Lipinski definition) is 0. The van der Waals surface area contributed by atoms with Crippen molar-refractivity contribution in [1.82, 2.24) is 4.90 Å². The van der Waals surface area contributed by atoms with Crippen molar-refractivity contribution in [2.24, 2.45) is 0 Å². The van der Waals surface area contributed by atoms with Crippen molar-refractivity contribution in [3.05, 3.63) is 35.4 Å². The van der Waals surface area contributed by atoms with E-state index < -0.39 is 0 Å². The summed E-state index contributed by atoms with van der Waals surface area (Å²) in [4.78, 5) is 1.78. The van der Waals surface area contributed by atoms with Crippen LogP contribution < -0.4 is 0 Å². The van der Waals surface area contributed by atoms with Gasteiger partial charge in [0.05, 0.1) is 0 Å². The fourth-order valence-corrected chi connectivity index (χ4v) is 0.749. The summed E-state index contributed by atoms with van der Waals surface area (Å²) in [6.07, 6.45) is 1.79. The maximum Gasteiger partial charge on any atom is 0.188 e. The summed E-state index contributed by atoms with van der Waals surface area (Å²) in [5.74, 6) is 1.15. The zero-order valence-electron chi connectivity index (χ0n) is 7.72. The van der Waals surface area contributed by atoms with Gasteiger partial charge in [-0.05, 0) is 24.1 Å². The van der Waals surface area contributed by atoms with Gasteiger partial charge in [-0.25, -0.2) is 0 Å². The third-order valence-corrected chi connectivity index (χ3v) is 1.34. The highest BCUT2D eigenvalue weighted by molar-refractivity contribution is 9.11. The van der Waals surface area contributed by atoms with Crippen molar-refractivity contribution in [2.75, 3.05) is 14.1 Å². The molecule has 0 saturated carbocycles. The first-order valence-corrected chi connectivity index (χ1v) is 4.29. The summed E-state index contributed by atoms with van der Waals surface area (Å²) in [7, 11) is 3.72. The Balaban J connectivity index is 4.03. The first-order valence-electron chi connectivity index (χ1n) is 3.50. The van der Waals surface area contributed by atoms with Crippen molar-refractivity contribution in [3.63, 3.8) is 0 Å². The van der Waals surface area contributed by atoms with Crippen LogP contribution in [0.4, 0.5) is 0 Å². The number of halogens is 1. The Morgan fingerprint density at radius 3 is 2.25 bits per heavy atom. The van der Waals surface area contributed by atoms with Crippen LogP contribution in [-0.2, 0) is 4.74 Å². The van der Waals surface area contributed by atoms with Crippen molar-refractivity contribution in [1.29, 1.82) is 0 Å². The molecular weight excluding hydrogens is 218 g/mol. The van der Waals surface area contributed by atoms with E-state index in [9.17, 15) is 0 Å². The Morgan fingerprint density at radius 2 is 1.92 bits per heavy atom. The van der Waals surface area contributed by atoms with E-state index in [0.717, 1.165) is 4.48 Å². The first-order chi connectivity index (χ1) is 5.43. The van der Waals surface area contributed by atoms with Gasteiger partial charge in [0.2, 0.25) is 0 Å². The molecule has 68 valence electrons. The van der Waals surface area contributed by atoms with Gasteiger partial charge in [0, 0.05) is 14.1 Å². The maximum atomic E-state index is 5.25. The molecule has 0 heterocycles. The third-order valence-electron chi connectivity index (χ3n) is 1.11. The molecule has 0 N–H and O–H groups in total. The van der Waals surface area contributed by atoms with Crippen LogP contribution in [0.15, 0.2) is 35.4 Å². The Bertz CT molecular complexity index is 215. The van der Waals surface area contributed by atoms with Crippen LogP contribution in [0.1, 0.15) is 6.92 Å². The van der Waals surface area contributed by atoms with Gasteiger partial charge in [-0.2, -0.15) is 0 Å². The Morgan fingerprint density at radius 1 is 1.42 bits per heavy atom. The Labute approximate surface area is 82.3 Å². The van der Waals surface area contributed by atoms with Crippen LogP contribution in [0, 0.1) is 0 Å². The van der Waals surface area contributed by atoms with Gasteiger partial charge in [-0.3, -0.25) is 0 Å². The van der Waals surface area contributed by atoms with Crippen LogP contribution in [-0.4, -0.2) is 19.0 Å². The minimum absolute atomic E-state index is 0.572. The highest BCUT2D eigenvalue weighted by Crippen LogP contribution is 2.11. The lowest BCUT2D eigenvalue weighted by molar-refractivity contribution is 0.218. The van der Waals surface area contributed by atoms with Gasteiger partial charge in [-0.1, -0.05) is 22.5 Å². The molecule has 0 fully saturated rings. The van der Waals surface area contributed by atoms with Crippen LogP contribution in [0.2, 0.25) is 0 Å².